The predicted molar refractivity (Wildman–Crippen MR) is 76.6 cm³/mol. The van der Waals surface area contributed by atoms with Gasteiger partial charge in [0.05, 0.1) is 11.3 Å². The number of nitrogens with two attached hydrogens (primary N) is 1. The lowest BCUT2D eigenvalue weighted by Gasteiger charge is -2.07. The second-order valence-electron chi connectivity index (χ2n) is 5.42. The molecule has 100 valence electrons. The summed E-state index contributed by atoms with van der Waals surface area (Å²) in [7, 11) is 0. The van der Waals surface area contributed by atoms with Crippen molar-refractivity contribution in [3.8, 4) is 11.1 Å². The van der Waals surface area contributed by atoms with E-state index >= 15 is 0 Å². The maximum absolute atomic E-state index is 5.93. The average molecular weight is 256 g/mol. The van der Waals surface area contributed by atoms with Crippen molar-refractivity contribution in [2.75, 3.05) is 5.73 Å². The third kappa shape index (κ3) is 2.65. The number of aryl methyl sites for hydroxylation is 1. The normalized spacial score (nSPS) is 16.0. The van der Waals surface area contributed by atoms with Crippen LogP contribution in [0.2, 0.25) is 0 Å². The minimum absolute atomic E-state index is 0.438. The van der Waals surface area contributed by atoms with Gasteiger partial charge in [-0.2, -0.15) is 0 Å². The van der Waals surface area contributed by atoms with Gasteiger partial charge in [0.25, 0.3) is 0 Å². The van der Waals surface area contributed by atoms with Gasteiger partial charge in [-0.05, 0) is 24.3 Å². The van der Waals surface area contributed by atoms with Gasteiger partial charge in [-0.3, -0.25) is 0 Å². The Labute approximate surface area is 113 Å². The number of anilines is 1. The van der Waals surface area contributed by atoms with Gasteiger partial charge >= 0.3 is 0 Å². The van der Waals surface area contributed by atoms with Gasteiger partial charge in [-0.25, -0.2) is 0 Å². The fourth-order valence-electron chi connectivity index (χ4n) is 3.06. The average Bonchev–Trinajstić information content (AvgIpc) is 3.07. The molecule has 19 heavy (non-hydrogen) atoms. The first-order chi connectivity index (χ1) is 9.34. The van der Waals surface area contributed by atoms with Crippen molar-refractivity contribution < 1.29 is 4.52 Å². The molecule has 3 heteroatoms. The minimum Gasteiger partial charge on any atom is -0.367 e. The van der Waals surface area contributed by atoms with Crippen LogP contribution in [0.5, 0.6) is 0 Å². The summed E-state index contributed by atoms with van der Waals surface area (Å²) in [6, 6.07) is 10.2. The maximum atomic E-state index is 5.93. The molecular weight excluding hydrogens is 236 g/mol. The summed E-state index contributed by atoms with van der Waals surface area (Å²) in [5.74, 6) is 1.30. The van der Waals surface area contributed by atoms with E-state index in [-0.39, 0.29) is 0 Å². The monoisotopic (exact) mass is 256 g/mol. The van der Waals surface area contributed by atoms with Crippen LogP contribution >= 0.6 is 0 Å². The Morgan fingerprint density at radius 3 is 2.63 bits per heavy atom. The third-order valence-corrected chi connectivity index (χ3v) is 4.12. The van der Waals surface area contributed by atoms with Crippen molar-refractivity contribution in [1.29, 1.82) is 0 Å². The standard InChI is InChI=1S/C16H20N2O/c17-16-15(13-8-2-1-3-9-13)14(18-19-16)11-10-12-6-4-5-7-12/h1-3,8-9,12H,4-7,10-11,17H2. The molecule has 1 heterocycles. The molecule has 0 radical (unpaired) electrons. The smallest absolute Gasteiger partial charge is 0.230 e. The molecule has 0 saturated heterocycles. The van der Waals surface area contributed by atoms with E-state index in [0.29, 0.717) is 5.88 Å². The summed E-state index contributed by atoms with van der Waals surface area (Å²) in [6.07, 6.45) is 7.68. The van der Waals surface area contributed by atoms with Crippen LogP contribution in [0, 0.1) is 5.92 Å². The first kappa shape index (κ1) is 12.3. The Kier molecular flexibility index (Phi) is 3.53. The van der Waals surface area contributed by atoms with Gasteiger partial charge in [0.2, 0.25) is 5.88 Å². The largest absolute Gasteiger partial charge is 0.367 e. The molecule has 1 aliphatic carbocycles. The second-order valence-corrected chi connectivity index (χ2v) is 5.42. The fraction of sp³-hybridized carbons (Fsp3) is 0.438. The Balaban J connectivity index is 1.78. The van der Waals surface area contributed by atoms with Crippen molar-refractivity contribution in [3.05, 3.63) is 36.0 Å². The highest BCUT2D eigenvalue weighted by Crippen LogP contribution is 2.33. The highest BCUT2D eigenvalue weighted by molar-refractivity contribution is 5.74. The number of nitrogens with zero attached hydrogens (tertiary/aromatic N) is 1. The molecular formula is C16H20N2O. The molecule has 2 N–H and O–H groups in total. The van der Waals surface area contributed by atoms with Crippen molar-refractivity contribution in [2.45, 2.75) is 38.5 Å². The van der Waals surface area contributed by atoms with Crippen LogP contribution in [-0.2, 0) is 6.42 Å². The van der Waals surface area contributed by atoms with Crippen LogP contribution in [0.25, 0.3) is 11.1 Å². The van der Waals surface area contributed by atoms with E-state index in [0.717, 1.165) is 29.2 Å². The van der Waals surface area contributed by atoms with Crippen molar-refractivity contribution in [2.24, 2.45) is 5.92 Å². The second kappa shape index (κ2) is 5.47. The van der Waals surface area contributed by atoms with E-state index in [1.165, 1.54) is 32.1 Å². The lowest BCUT2D eigenvalue weighted by Crippen LogP contribution is -1.98. The van der Waals surface area contributed by atoms with Gasteiger partial charge in [0, 0.05) is 0 Å². The van der Waals surface area contributed by atoms with Crippen LogP contribution in [0.15, 0.2) is 34.9 Å². The first-order valence-corrected chi connectivity index (χ1v) is 7.14. The van der Waals surface area contributed by atoms with E-state index in [1.54, 1.807) is 0 Å². The summed E-state index contributed by atoms with van der Waals surface area (Å²) >= 11 is 0. The molecule has 0 bridgehead atoms. The number of aromatic nitrogens is 1. The topological polar surface area (TPSA) is 52.0 Å². The molecule has 0 spiro atoms. The number of nitrogen functional groups attached to an aromatic ring is 1. The summed E-state index contributed by atoms with van der Waals surface area (Å²) in [4.78, 5) is 0. The predicted octanol–water partition coefficient (Wildman–Crippen LogP) is 4.05. The van der Waals surface area contributed by atoms with Gasteiger partial charge in [-0.15, -0.1) is 0 Å². The van der Waals surface area contributed by atoms with Gasteiger partial charge < -0.3 is 10.3 Å². The molecule has 0 amide bonds. The van der Waals surface area contributed by atoms with Crippen molar-refractivity contribution in [1.82, 2.24) is 5.16 Å². The quantitative estimate of drug-likeness (QED) is 0.898. The molecule has 0 atom stereocenters. The van der Waals surface area contributed by atoms with E-state index in [9.17, 15) is 0 Å². The van der Waals surface area contributed by atoms with Crippen LogP contribution in [0.3, 0.4) is 0 Å². The van der Waals surface area contributed by atoms with E-state index in [2.05, 4.69) is 17.3 Å². The van der Waals surface area contributed by atoms with Gasteiger partial charge in [0.1, 0.15) is 0 Å². The van der Waals surface area contributed by atoms with Gasteiger partial charge in [0.15, 0.2) is 0 Å². The summed E-state index contributed by atoms with van der Waals surface area (Å²) in [5.41, 5.74) is 9.02. The van der Waals surface area contributed by atoms with E-state index in [4.69, 9.17) is 10.3 Å². The zero-order valence-corrected chi connectivity index (χ0v) is 11.1. The highest BCUT2D eigenvalue weighted by atomic mass is 16.5. The van der Waals surface area contributed by atoms with Crippen molar-refractivity contribution in [3.63, 3.8) is 0 Å². The molecule has 1 saturated carbocycles. The lowest BCUT2D eigenvalue weighted by atomic mass is 9.97. The molecule has 1 aliphatic rings. The Bertz CT molecular complexity index is 527. The van der Waals surface area contributed by atoms with Crippen molar-refractivity contribution >= 4 is 5.88 Å². The minimum atomic E-state index is 0.438. The molecule has 1 aromatic heterocycles. The number of benzene rings is 1. The fourth-order valence-corrected chi connectivity index (χ4v) is 3.06. The highest BCUT2D eigenvalue weighted by Gasteiger charge is 2.19. The van der Waals surface area contributed by atoms with Crippen LogP contribution in [0.1, 0.15) is 37.8 Å². The first-order valence-electron chi connectivity index (χ1n) is 7.14. The Morgan fingerprint density at radius 1 is 1.16 bits per heavy atom. The van der Waals surface area contributed by atoms with Crippen LogP contribution in [-0.4, -0.2) is 5.16 Å². The zero-order chi connectivity index (χ0) is 13.1. The lowest BCUT2D eigenvalue weighted by molar-refractivity contribution is 0.419. The summed E-state index contributed by atoms with van der Waals surface area (Å²) in [6.45, 7) is 0. The molecule has 3 nitrogen and oxygen atoms in total. The molecule has 3 rings (SSSR count). The summed E-state index contributed by atoms with van der Waals surface area (Å²) in [5, 5.41) is 4.15. The Hall–Kier alpha value is -1.77. The molecule has 0 unspecified atom stereocenters. The summed E-state index contributed by atoms with van der Waals surface area (Å²) < 4.78 is 5.19. The number of hydrogen-bond donors (Lipinski definition) is 1. The van der Waals surface area contributed by atoms with Crippen LogP contribution < -0.4 is 5.73 Å². The molecule has 1 fully saturated rings. The third-order valence-electron chi connectivity index (χ3n) is 4.12. The number of hydrogen-bond acceptors (Lipinski definition) is 3. The maximum Gasteiger partial charge on any atom is 0.230 e. The molecule has 0 aliphatic heterocycles. The van der Waals surface area contributed by atoms with Crippen LogP contribution in [0.4, 0.5) is 5.88 Å². The SMILES string of the molecule is Nc1onc(CCC2CCCC2)c1-c1ccccc1. The Morgan fingerprint density at radius 2 is 1.89 bits per heavy atom. The molecule has 2 aromatic rings. The van der Waals surface area contributed by atoms with E-state index < -0.39 is 0 Å². The zero-order valence-electron chi connectivity index (χ0n) is 11.1. The molecule has 1 aromatic carbocycles. The van der Waals surface area contributed by atoms with Gasteiger partial charge in [-0.1, -0.05) is 61.2 Å². The number of rotatable bonds is 4. The van der Waals surface area contributed by atoms with E-state index in [1.807, 2.05) is 18.2 Å².